The number of Topliss-reactive ketones (excluding diaryl/α,β-unsaturated/α-hetero) is 1. The van der Waals surface area contributed by atoms with Gasteiger partial charge in [0.2, 0.25) is 0 Å². The van der Waals surface area contributed by atoms with E-state index in [1.54, 1.807) is 0 Å². The third-order valence-corrected chi connectivity index (χ3v) is 4.50. The fourth-order valence-corrected chi connectivity index (χ4v) is 3.67. The van der Waals surface area contributed by atoms with Gasteiger partial charge >= 0.3 is 0 Å². The first-order chi connectivity index (χ1) is 7.97. The van der Waals surface area contributed by atoms with E-state index < -0.39 is 0 Å². The molecule has 1 aliphatic heterocycles. The molecule has 0 aromatic carbocycles. The van der Waals surface area contributed by atoms with E-state index in [1.807, 2.05) is 0 Å². The topological polar surface area (TPSA) is 20.3 Å². The Bertz CT molecular complexity index is 278. The molecular formula is C15H27NO. The zero-order valence-electron chi connectivity index (χ0n) is 11.7. The number of rotatable bonds is 2. The molecule has 0 radical (unpaired) electrons. The van der Waals surface area contributed by atoms with Crippen molar-refractivity contribution in [2.45, 2.75) is 71.3 Å². The molecule has 1 aliphatic carbocycles. The van der Waals surface area contributed by atoms with Gasteiger partial charge in [0.15, 0.2) is 5.78 Å². The predicted molar refractivity (Wildman–Crippen MR) is 71.1 cm³/mol. The van der Waals surface area contributed by atoms with E-state index in [0.717, 1.165) is 25.9 Å². The van der Waals surface area contributed by atoms with Crippen molar-refractivity contribution in [3.63, 3.8) is 0 Å². The highest BCUT2D eigenvalue weighted by Gasteiger charge is 2.49. The number of carbonyl (C=O) groups excluding carboxylic acids is 1. The third kappa shape index (κ3) is 2.42. The standard InChI is InChI=1S/C15H27NO/c1-14(2,3)13(17)15(9-5-6-10-15)16-11-7-4-8-12-16/h4-12H2,1-3H3. The Hall–Kier alpha value is -0.370. The lowest BCUT2D eigenvalue weighted by Gasteiger charge is -2.45. The van der Waals surface area contributed by atoms with Crippen LogP contribution in [-0.4, -0.2) is 29.3 Å². The minimum Gasteiger partial charge on any atom is -0.297 e. The summed E-state index contributed by atoms with van der Waals surface area (Å²) in [4.78, 5) is 15.4. The Morgan fingerprint density at radius 3 is 1.94 bits per heavy atom. The maximum atomic E-state index is 12.8. The smallest absolute Gasteiger partial charge is 0.158 e. The Labute approximate surface area is 106 Å². The Balaban J connectivity index is 2.22. The molecule has 0 bridgehead atoms. The fraction of sp³-hybridized carbons (Fsp3) is 0.933. The molecule has 2 aliphatic rings. The van der Waals surface area contributed by atoms with Crippen LogP contribution in [0.15, 0.2) is 0 Å². The second-order valence-corrected chi connectivity index (χ2v) is 6.87. The van der Waals surface area contributed by atoms with Crippen LogP contribution < -0.4 is 0 Å². The molecule has 2 rings (SSSR count). The quantitative estimate of drug-likeness (QED) is 0.733. The lowest BCUT2D eigenvalue weighted by atomic mass is 9.75. The number of likely N-dealkylation sites (tertiary alicyclic amines) is 1. The summed E-state index contributed by atoms with van der Waals surface area (Å²) >= 11 is 0. The molecule has 1 saturated heterocycles. The van der Waals surface area contributed by atoms with Gasteiger partial charge in [-0.15, -0.1) is 0 Å². The van der Waals surface area contributed by atoms with Crippen LogP contribution in [0.25, 0.3) is 0 Å². The number of carbonyl (C=O) groups is 1. The third-order valence-electron chi connectivity index (χ3n) is 4.50. The van der Waals surface area contributed by atoms with E-state index in [1.165, 1.54) is 32.1 Å². The molecule has 0 N–H and O–H groups in total. The van der Waals surface area contributed by atoms with Crippen LogP contribution >= 0.6 is 0 Å². The van der Waals surface area contributed by atoms with Crippen LogP contribution in [0.5, 0.6) is 0 Å². The average molecular weight is 237 g/mol. The molecule has 1 heterocycles. The van der Waals surface area contributed by atoms with E-state index in [9.17, 15) is 4.79 Å². The zero-order valence-corrected chi connectivity index (χ0v) is 11.7. The maximum absolute atomic E-state index is 12.8. The van der Waals surface area contributed by atoms with Gasteiger partial charge in [0, 0.05) is 5.41 Å². The normalized spacial score (nSPS) is 26.1. The van der Waals surface area contributed by atoms with Crippen molar-refractivity contribution in [1.29, 1.82) is 0 Å². The molecule has 0 unspecified atom stereocenters. The first-order valence-electron chi connectivity index (χ1n) is 7.27. The summed E-state index contributed by atoms with van der Waals surface area (Å²) in [5, 5.41) is 0. The van der Waals surface area contributed by atoms with Gasteiger partial charge in [-0.2, -0.15) is 0 Å². The van der Waals surface area contributed by atoms with Crippen LogP contribution in [0.2, 0.25) is 0 Å². The van der Waals surface area contributed by atoms with Crippen molar-refractivity contribution in [2.75, 3.05) is 13.1 Å². The van der Waals surface area contributed by atoms with Gasteiger partial charge in [-0.25, -0.2) is 0 Å². The highest BCUT2D eigenvalue weighted by atomic mass is 16.1. The lowest BCUT2D eigenvalue weighted by Crippen LogP contribution is -2.57. The van der Waals surface area contributed by atoms with Crippen molar-refractivity contribution in [1.82, 2.24) is 4.90 Å². The van der Waals surface area contributed by atoms with Gasteiger partial charge in [-0.1, -0.05) is 40.0 Å². The van der Waals surface area contributed by atoms with Gasteiger partial charge in [-0.3, -0.25) is 9.69 Å². The highest BCUT2D eigenvalue weighted by molar-refractivity contribution is 5.93. The molecule has 2 nitrogen and oxygen atoms in total. The van der Waals surface area contributed by atoms with E-state index in [-0.39, 0.29) is 11.0 Å². The first kappa shape index (κ1) is 13.1. The number of ketones is 1. The van der Waals surface area contributed by atoms with Crippen molar-refractivity contribution in [2.24, 2.45) is 5.41 Å². The van der Waals surface area contributed by atoms with Gasteiger partial charge in [0.05, 0.1) is 5.54 Å². The second kappa shape index (κ2) is 4.72. The monoisotopic (exact) mass is 237 g/mol. The molecular weight excluding hydrogens is 210 g/mol. The highest BCUT2D eigenvalue weighted by Crippen LogP contribution is 2.41. The van der Waals surface area contributed by atoms with Crippen LogP contribution in [0.1, 0.15) is 65.7 Å². The number of hydrogen-bond acceptors (Lipinski definition) is 2. The summed E-state index contributed by atoms with van der Waals surface area (Å²) in [6, 6.07) is 0. The van der Waals surface area contributed by atoms with Crippen molar-refractivity contribution >= 4 is 5.78 Å². The SMILES string of the molecule is CC(C)(C)C(=O)C1(N2CCCCC2)CCCC1. The van der Waals surface area contributed by atoms with E-state index in [4.69, 9.17) is 0 Å². The average Bonchev–Trinajstić information content (AvgIpc) is 2.78. The summed E-state index contributed by atoms with van der Waals surface area (Å²) in [5.41, 5.74) is -0.291. The molecule has 0 aromatic rings. The van der Waals surface area contributed by atoms with Crippen LogP contribution in [0, 0.1) is 5.41 Å². The molecule has 0 aromatic heterocycles. The predicted octanol–water partition coefficient (Wildman–Crippen LogP) is 3.40. The Morgan fingerprint density at radius 1 is 0.941 bits per heavy atom. The van der Waals surface area contributed by atoms with E-state index in [0.29, 0.717) is 5.78 Å². The molecule has 0 spiro atoms. The fourth-order valence-electron chi connectivity index (χ4n) is 3.67. The van der Waals surface area contributed by atoms with E-state index in [2.05, 4.69) is 25.7 Å². The van der Waals surface area contributed by atoms with Gasteiger partial charge < -0.3 is 0 Å². The Kier molecular flexibility index (Phi) is 3.63. The molecule has 2 fully saturated rings. The van der Waals surface area contributed by atoms with Crippen LogP contribution in [0.3, 0.4) is 0 Å². The van der Waals surface area contributed by atoms with Gasteiger partial charge in [-0.05, 0) is 38.8 Å². The van der Waals surface area contributed by atoms with Crippen LogP contribution in [0.4, 0.5) is 0 Å². The summed E-state index contributed by atoms with van der Waals surface area (Å²) in [6.45, 7) is 8.53. The summed E-state index contributed by atoms with van der Waals surface area (Å²) < 4.78 is 0. The van der Waals surface area contributed by atoms with Crippen molar-refractivity contribution in [3.8, 4) is 0 Å². The maximum Gasteiger partial charge on any atom is 0.158 e. The lowest BCUT2D eigenvalue weighted by molar-refractivity contribution is -0.140. The summed E-state index contributed by atoms with van der Waals surface area (Å²) in [7, 11) is 0. The summed E-state index contributed by atoms with van der Waals surface area (Å²) in [5.74, 6) is 0.490. The molecule has 17 heavy (non-hydrogen) atoms. The largest absolute Gasteiger partial charge is 0.297 e. The molecule has 0 amide bonds. The second-order valence-electron chi connectivity index (χ2n) is 6.87. The van der Waals surface area contributed by atoms with E-state index >= 15 is 0 Å². The minimum absolute atomic E-state index is 0.0985. The first-order valence-corrected chi connectivity index (χ1v) is 7.27. The molecule has 0 atom stereocenters. The molecule has 2 heteroatoms. The van der Waals surface area contributed by atoms with Crippen molar-refractivity contribution in [3.05, 3.63) is 0 Å². The van der Waals surface area contributed by atoms with Crippen molar-refractivity contribution < 1.29 is 4.79 Å². The molecule has 98 valence electrons. The Morgan fingerprint density at radius 2 is 1.47 bits per heavy atom. The van der Waals surface area contributed by atoms with Crippen LogP contribution in [-0.2, 0) is 4.79 Å². The minimum atomic E-state index is -0.193. The van der Waals surface area contributed by atoms with Gasteiger partial charge in [0.1, 0.15) is 0 Å². The van der Waals surface area contributed by atoms with Gasteiger partial charge in [0.25, 0.3) is 0 Å². The number of piperidine rings is 1. The zero-order chi connectivity index (χ0) is 12.5. The molecule has 1 saturated carbocycles. The summed E-state index contributed by atoms with van der Waals surface area (Å²) in [6.07, 6.45) is 8.57. The number of nitrogens with zero attached hydrogens (tertiary/aromatic N) is 1. The number of hydrogen-bond donors (Lipinski definition) is 0.